The maximum atomic E-state index is 5.84. The van der Waals surface area contributed by atoms with Gasteiger partial charge in [0.1, 0.15) is 5.75 Å². The van der Waals surface area contributed by atoms with Gasteiger partial charge in [-0.25, -0.2) is 0 Å². The van der Waals surface area contributed by atoms with Crippen LogP contribution in [-0.4, -0.2) is 11.6 Å². The highest BCUT2D eigenvalue weighted by atomic mass is 16.5. The third-order valence-electron chi connectivity index (χ3n) is 2.91. The van der Waals surface area contributed by atoms with E-state index in [1.807, 2.05) is 44.2 Å². The van der Waals surface area contributed by atoms with Gasteiger partial charge in [-0.2, -0.15) is 0 Å². The van der Waals surface area contributed by atoms with Crippen LogP contribution in [0.25, 0.3) is 0 Å². The second-order valence-electron chi connectivity index (χ2n) is 4.39. The van der Waals surface area contributed by atoms with E-state index in [2.05, 4.69) is 4.98 Å². The summed E-state index contributed by atoms with van der Waals surface area (Å²) in [6, 6.07) is 9.84. The molecule has 0 bridgehead atoms. The highest BCUT2D eigenvalue weighted by Crippen LogP contribution is 2.24. The predicted molar refractivity (Wildman–Crippen MR) is 73.8 cm³/mol. The molecule has 1 aromatic carbocycles. The summed E-state index contributed by atoms with van der Waals surface area (Å²) in [5.41, 5.74) is 9.82. The molecule has 2 N–H and O–H groups in total. The first-order valence-corrected chi connectivity index (χ1v) is 6.06. The number of anilines is 1. The number of ether oxygens (including phenoxy) is 1. The van der Waals surface area contributed by atoms with Crippen LogP contribution in [0.15, 0.2) is 36.5 Å². The third-order valence-corrected chi connectivity index (χ3v) is 2.91. The Labute approximate surface area is 108 Å². The van der Waals surface area contributed by atoms with Crippen LogP contribution in [0.1, 0.15) is 16.8 Å². The molecule has 3 heteroatoms. The number of hydrogen-bond acceptors (Lipinski definition) is 3. The average Bonchev–Trinajstić information content (AvgIpc) is 2.37. The van der Waals surface area contributed by atoms with E-state index in [9.17, 15) is 0 Å². The van der Waals surface area contributed by atoms with Crippen molar-refractivity contribution in [1.29, 1.82) is 0 Å². The minimum atomic E-state index is 0.626. The minimum Gasteiger partial charge on any atom is -0.493 e. The van der Waals surface area contributed by atoms with Gasteiger partial charge in [0.15, 0.2) is 0 Å². The second-order valence-corrected chi connectivity index (χ2v) is 4.39. The molecule has 0 amide bonds. The molecule has 0 aliphatic carbocycles. The fourth-order valence-corrected chi connectivity index (χ4v) is 1.78. The van der Waals surface area contributed by atoms with Gasteiger partial charge in [0.05, 0.1) is 6.61 Å². The second kappa shape index (κ2) is 5.54. The number of benzene rings is 1. The van der Waals surface area contributed by atoms with Gasteiger partial charge in [-0.1, -0.05) is 6.07 Å². The number of aromatic nitrogens is 1. The van der Waals surface area contributed by atoms with E-state index in [-0.39, 0.29) is 0 Å². The van der Waals surface area contributed by atoms with Crippen molar-refractivity contribution in [3.8, 4) is 5.75 Å². The molecule has 0 aliphatic heterocycles. The van der Waals surface area contributed by atoms with E-state index in [1.54, 1.807) is 6.20 Å². The van der Waals surface area contributed by atoms with Crippen LogP contribution >= 0.6 is 0 Å². The van der Waals surface area contributed by atoms with Gasteiger partial charge >= 0.3 is 0 Å². The summed E-state index contributed by atoms with van der Waals surface area (Å²) in [6.45, 7) is 4.62. The lowest BCUT2D eigenvalue weighted by Crippen LogP contribution is -2.04. The zero-order valence-electron chi connectivity index (χ0n) is 10.8. The lowest BCUT2D eigenvalue weighted by Gasteiger charge is -2.11. The van der Waals surface area contributed by atoms with Gasteiger partial charge < -0.3 is 10.5 Å². The van der Waals surface area contributed by atoms with Crippen molar-refractivity contribution in [3.63, 3.8) is 0 Å². The smallest absolute Gasteiger partial charge is 0.122 e. The monoisotopic (exact) mass is 242 g/mol. The zero-order chi connectivity index (χ0) is 13.0. The molecule has 3 nitrogen and oxygen atoms in total. The third kappa shape index (κ3) is 3.00. The predicted octanol–water partition coefficient (Wildman–Crippen LogP) is 2.90. The zero-order valence-corrected chi connectivity index (χ0v) is 10.8. The highest BCUT2D eigenvalue weighted by molar-refractivity contribution is 5.53. The lowest BCUT2D eigenvalue weighted by atomic mass is 10.1. The van der Waals surface area contributed by atoms with Crippen molar-refractivity contribution in [2.45, 2.75) is 20.3 Å². The van der Waals surface area contributed by atoms with Crippen LogP contribution in [0.5, 0.6) is 5.75 Å². The van der Waals surface area contributed by atoms with E-state index in [0.29, 0.717) is 6.61 Å². The fraction of sp³-hybridized carbons (Fsp3) is 0.267. The Balaban J connectivity index is 1.97. The SMILES string of the molecule is Cc1cc(OCCc2ccccn2)c(C)cc1N. The van der Waals surface area contributed by atoms with Crippen LogP contribution in [-0.2, 0) is 6.42 Å². The first-order valence-electron chi connectivity index (χ1n) is 6.06. The number of aryl methyl sites for hydroxylation is 2. The number of rotatable bonds is 4. The van der Waals surface area contributed by atoms with Crippen molar-refractivity contribution < 1.29 is 4.74 Å². The van der Waals surface area contributed by atoms with Crippen LogP contribution in [0.3, 0.4) is 0 Å². The van der Waals surface area contributed by atoms with Gasteiger partial charge in [-0.3, -0.25) is 4.98 Å². The average molecular weight is 242 g/mol. The van der Waals surface area contributed by atoms with Crippen LogP contribution in [0, 0.1) is 13.8 Å². The quantitative estimate of drug-likeness (QED) is 0.839. The van der Waals surface area contributed by atoms with E-state index >= 15 is 0 Å². The summed E-state index contributed by atoms with van der Waals surface area (Å²) < 4.78 is 5.78. The van der Waals surface area contributed by atoms with Gasteiger partial charge in [-0.05, 0) is 49.2 Å². The number of nitrogens with two attached hydrogens (primary N) is 1. The van der Waals surface area contributed by atoms with Crippen molar-refractivity contribution in [2.24, 2.45) is 0 Å². The van der Waals surface area contributed by atoms with E-state index < -0.39 is 0 Å². The van der Waals surface area contributed by atoms with Crippen LogP contribution in [0.2, 0.25) is 0 Å². The molecule has 18 heavy (non-hydrogen) atoms. The standard InChI is InChI=1S/C15H18N2O/c1-11-10-15(12(2)9-14(11)16)18-8-6-13-5-3-4-7-17-13/h3-5,7,9-10H,6,8,16H2,1-2H3. The molecule has 0 saturated heterocycles. The summed E-state index contributed by atoms with van der Waals surface area (Å²) in [7, 11) is 0. The first-order chi connectivity index (χ1) is 8.66. The van der Waals surface area contributed by atoms with Gasteiger partial charge in [-0.15, -0.1) is 0 Å². The van der Waals surface area contributed by atoms with Crippen LogP contribution < -0.4 is 10.5 Å². The number of nitrogens with zero attached hydrogens (tertiary/aromatic N) is 1. The summed E-state index contributed by atoms with van der Waals surface area (Å²) in [6.07, 6.45) is 2.61. The van der Waals surface area contributed by atoms with E-state index in [4.69, 9.17) is 10.5 Å². The fourth-order valence-electron chi connectivity index (χ4n) is 1.78. The lowest BCUT2D eigenvalue weighted by molar-refractivity contribution is 0.318. The molecule has 1 heterocycles. The molecular formula is C15H18N2O. The van der Waals surface area contributed by atoms with Crippen molar-refractivity contribution in [3.05, 3.63) is 53.3 Å². The minimum absolute atomic E-state index is 0.626. The Bertz CT molecular complexity index is 524. The van der Waals surface area contributed by atoms with E-state index in [0.717, 1.165) is 34.7 Å². The molecule has 2 aromatic rings. The topological polar surface area (TPSA) is 48.1 Å². The maximum absolute atomic E-state index is 5.84. The molecule has 94 valence electrons. The van der Waals surface area contributed by atoms with Crippen molar-refractivity contribution >= 4 is 5.69 Å². The van der Waals surface area contributed by atoms with Crippen molar-refractivity contribution in [2.75, 3.05) is 12.3 Å². The molecular weight excluding hydrogens is 224 g/mol. The Morgan fingerprint density at radius 1 is 1.17 bits per heavy atom. The van der Waals surface area contributed by atoms with Crippen LogP contribution in [0.4, 0.5) is 5.69 Å². The maximum Gasteiger partial charge on any atom is 0.122 e. The molecule has 0 spiro atoms. The molecule has 1 aromatic heterocycles. The number of pyridine rings is 1. The Morgan fingerprint density at radius 2 is 2.00 bits per heavy atom. The highest BCUT2D eigenvalue weighted by Gasteiger charge is 2.03. The normalized spacial score (nSPS) is 10.3. The molecule has 0 saturated carbocycles. The first kappa shape index (κ1) is 12.4. The molecule has 2 rings (SSSR count). The van der Waals surface area contributed by atoms with Crippen molar-refractivity contribution in [1.82, 2.24) is 4.98 Å². The Kier molecular flexibility index (Phi) is 3.82. The Hall–Kier alpha value is -2.03. The number of nitrogen functional groups attached to an aromatic ring is 1. The summed E-state index contributed by atoms with van der Waals surface area (Å²) >= 11 is 0. The molecule has 0 radical (unpaired) electrons. The largest absolute Gasteiger partial charge is 0.493 e. The van der Waals surface area contributed by atoms with Gasteiger partial charge in [0.2, 0.25) is 0 Å². The number of hydrogen-bond donors (Lipinski definition) is 1. The summed E-state index contributed by atoms with van der Waals surface area (Å²) in [5.74, 6) is 0.901. The summed E-state index contributed by atoms with van der Waals surface area (Å²) in [5, 5.41) is 0. The molecule has 0 aliphatic rings. The Morgan fingerprint density at radius 3 is 2.72 bits per heavy atom. The molecule has 0 unspecified atom stereocenters. The molecule has 0 atom stereocenters. The van der Waals surface area contributed by atoms with Gasteiger partial charge in [0.25, 0.3) is 0 Å². The summed E-state index contributed by atoms with van der Waals surface area (Å²) in [4.78, 5) is 4.26. The van der Waals surface area contributed by atoms with Gasteiger partial charge in [0, 0.05) is 24.0 Å². The van der Waals surface area contributed by atoms with E-state index in [1.165, 1.54) is 0 Å². The molecule has 0 fully saturated rings.